The van der Waals surface area contributed by atoms with E-state index in [1.54, 1.807) is 12.4 Å². The van der Waals surface area contributed by atoms with E-state index in [0.717, 1.165) is 40.7 Å². The van der Waals surface area contributed by atoms with E-state index in [1.807, 2.05) is 12.4 Å². The highest BCUT2D eigenvalue weighted by Crippen LogP contribution is 2.36. The van der Waals surface area contributed by atoms with E-state index in [4.69, 9.17) is 0 Å². The van der Waals surface area contributed by atoms with Crippen molar-refractivity contribution < 1.29 is 0 Å². The number of hydrogen-bond acceptors (Lipinski definition) is 4. The van der Waals surface area contributed by atoms with Crippen LogP contribution in [0.15, 0.2) is 73.4 Å². The summed E-state index contributed by atoms with van der Waals surface area (Å²) < 4.78 is 2.15. The second-order valence-electron chi connectivity index (χ2n) is 8.31. The Morgan fingerprint density at radius 3 is 2.90 bits per heavy atom. The molecule has 1 aliphatic carbocycles. The lowest BCUT2D eigenvalue weighted by atomic mass is 9.89. The fourth-order valence-electron chi connectivity index (χ4n) is 4.79. The molecule has 3 heterocycles. The van der Waals surface area contributed by atoms with E-state index in [2.05, 4.69) is 80.5 Å². The van der Waals surface area contributed by atoms with Crippen LogP contribution in [0.5, 0.6) is 0 Å². The molecule has 0 amide bonds. The van der Waals surface area contributed by atoms with Gasteiger partial charge in [-0.05, 0) is 71.7 Å². The quantitative estimate of drug-likeness (QED) is 0.420. The van der Waals surface area contributed by atoms with E-state index < -0.39 is 0 Å². The van der Waals surface area contributed by atoms with Gasteiger partial charge in [-0.1, -0.05) is 12.1 Å². The van der Waals surface area contributed by atoms with Crippen molar-refractivity contribution in [2.75, 3.05) is 5.32 Å². The fourth-order valence-corrected chi connectivity index (χ4v) is 4.79. The lowest BCUT2D eigenvalue weighted by molar-refractivity contribution is 0.597. The SMILES string of the molecule is Cn1ccc2ccc(-c3cc(N[C@@H]4CCCc5ccncc54)cc4nccnc34)cc21. The minimum atomic E-state index is 0.259. The maximum absolute atomic E-state index is 4.66. The normalized spacial score (nSPS) is 15.8. The molecule has 0 radical (unpaired) electrons. The number of fused-ring (bicyclic) bond motifs is 3. The maximum Gasteiger partial charge on any atom is 0.0966 e. The standard InChI is InChI=1S/C26H23N5/c1-31-12-8-18-5-6-19(13-25(18)31)21-14-20(15-24-26(21)29-11-10-28-24)30-23-4-2-3-17-7-9-27-16-22(17)23/h5-16,23,30H,2-4H2,1H3/t23-/m1/s1. The van der Waals surface area contributed by atoms with Crippen LogP contribution in [0, 0.1) is 0 Å². The Morgan fingerprint density at radius 1 is 1.00 bits per heavy atom. The molecule has 6 rings (SSSR count). The number of nitrogens with zero attached hydrogens (tertiary/aromatic N) is 4. The number of pyridine rings is 1. The first-order valence-electron chi connectivity index (χ1n) is 10.8. The molecular weight excluding hydrogens is 382 g/mol. The number of aromatic nitrogens is 4. The second-order valence-corrected chi connectivity index (χ2v) is 8.31. The molecule has 3 aromatic heterocycles. The second kappa shape index (κ2) is 7.20. The predicted octanol–water partition coefficient (Wildman–Crippen LogP) is 5.67. The molecule has 0 aliphatic heterocycles. The third kappa shape index (κ3) is 3.13. The van der Waals surface area contributed by atoms with Gasteiger partial charge in [-0.15, -0.1) is 0 Å². The molecule has 0 saturated heterocycles. The smallest absolute Gasteiger partial charge is 0.0966 e. The molecule has 0 bridgehead atoms. The zero-order valence-electron chi connectivity index (χ0n) is 17.4. The van der Waals surface area contributed by atoms with Gasteiger partial charge in [-0.3, -0.25) is 15.0 Å². The summed E-state index contributed by atoms with van der Waals surface area (Å²) in [6.45, 7) is 0. The largest absolute Gasteiger partial charge is 0.378 e. The highest BCUT2D eigenvalue weighted by molar-refractivity contribution is 5.97. The van der Waals surface area contributed by atoms with Crippen LogP contribution in [0.4, 0.5) is 5.69 Å². The van der Waals surface area contributed by atoms with Crippen molar-refractivity contribution in [2.24, 2.45) is 7.05 Å². The van der Waals surface area contributed by atoms with Gasteiger partial charge >= 0.3 is 0 Å². The predicted molar refractivity (Wildman–Crippen MR) is 125 cm³/mol. The Morgan fingerprint density at radius 2 is 1.94 bits per heavy atom. The lowest BCUT2D eigenvalue weighted by Gasteiger charge is -2.27. The minimum absolute atomic E-state index is 0.259. The van der Waals surface area contributed by atoms with E-state index in [0.29, 0.717) is 0 Å². The van der Waals surface area contributed by atoms with Gasteiger partial charge < -0.3 is 9.88 Å². The van der Waals surface area contributed by atoms with Crippen molar-refractivity contribution in [3.05, 3.63) is 84.6 Å². The minimum Gasteiger partial charge on any atom is -0.378 e. The Kier molecular flexibility index (Phi) is 4.20. The van der Waals surface area contributed by atoms with E-state index >= 15 is 0 Å². The molecule has 152 valence electrons. The number of anilines is 1. The van der Waals surface area contributed by atoms with Gasteiger partial charge in [-0.25, -0.2) is 0 Å². The third-order valence-corrected chi connectivity index (χ3v) is 6.37. The van der Waals surface area contributed by atoms with Crippen LogP contribution in [0.2, 0.25) is 0 Å². The van der Waals surface area contributed by atoms with Crippen molar-refractivity contribution in [3.63, 3.8) is 0 Å². The average molecular weight is 406 g/mol. The molecule has 5 aromatic rings. The number of benzene rings is 2. The molecule has 5 nitrogen and oxygen atoms in total. The first-order valence-corrected chi connectivity index (χ1v) is 10.8. The summed E-state index contributed by atoms with van der Waals surface area (Å²) in [5.41, 5.74) is 9.04. The van der Waals surface area contributed by atoms with Crippen molar-refractivity contribution in [1.29, 1.82) is 0 Å². The summed E-state index contributed by atoms with van der Waals surface area (Å²) in [6.07, 6.45) is 12.9. The molecule has 0 unspecified atom stereocenters. The molecule has 1 atom stereocenters. The highest BCUT2D eigenvalue weighted by Gasteiger charge is 2.21. The lowest BCUT2D eigenvalue weighted by Crippen LogP contribution is -2.17. The molecule has 1 aliphatic rings. The summed E-state index contributed by atoms with van der Waals surface area (Å²) in [5, 5.41) is 5.01. The first kappa shape index (κ1) is 18.1. The van der Waals surface area contributed by atoms with Crippen molar-refractivity contribution in [1.82, 2.24) is 19.5 Å². The summed E-state index contributed by atoms with van der Waals surface area (Å²) >= 11 is 0. The Balaban J connectivity index is 1.47. The number of rotatable bonds is 3. The molecule has 5 heteroatoms. The van der Waals surface area contributed by atoms with Crippen molar-refractivity contribution in [3.8, 4) is 11.1 Å². The molecule has 31 heavy (non-hydrogen) atoms. The van der Waals surface area contributed by atoms with Crippen LogP contribution >= 0.6 is 0 Å². The van der Waals surface area contributed by atoms with Crippen LogP contribution in [0.1, 0.15) is 30.0 Å². The molecule has 0 saturated carbocycles. The monoisotopic (exact) mass is 405 g/mol. The van der Waals surface area contributed by atoms with Crippen molar-refractivity contribution >= 4 is 27.6 Å². The van der Waals surface area contributed by atoms with E-state index in [-0.39, 0.29) is 6.04 Å². The number of aryl methyl sites for hydroxylation is 2. The molecule has 2 aromatic carbocycles. The third-order valence-electron chi connectivity index (χ3n) is 6.37. The zero-order valence-corrected chi connectivity index (χ0v) is 17.4. The summed E-state index contributed by atoms with van der Waals surface area (Å²) in [7, 11) is 2.08. The highest BCUT2D eigenvalue weighted by atomic mass is 14.9. The van der Waals surface area contributed by atoms with Crippen LogP contribution in [-0.4, -0.2) is 19.5 Å². The zero-order chi connectivity index (χ0) is 20.8. The Labute approximate surface area is 180 Å². The van der Waals surface area contributed by atoms with E-state index in [1.165, 1.54) is 28.5 Å². The molecular formula is C26H23N5. The average Bonchev–Trinajstić information content (AvgIpc) is 3.19. The maximum atomic E-state index is 4.66. The van der Waals surface area contributed by atoms with Gasteiger partial charge in [0.05, 0.1) is 17.1 Å². The summed E-state index contributed by atoms with van der Waals surface area (Å²) in [6, 6.07) is 15.5. The van der Waals surface area contributed by atoms with Crippen LogP contribution in [-0.2, 0) is 13.5 Å². The van der Waals surface area contributed by atoms with Crippen LogP contribution in [0.3, 0.4) is 0 Å². The van der Waals surface area contributed by atoms with Crippen LogP contribution < -0.4 is 5.32 Å². The first-order chi connectivity index (χ1) is 15.3. The van der Waals surface area contributed by atoms with Crippen LogP contribution in [0.25, 0.3) is 33.1 Å². The van der Waals surface area contributed by atoms with E-state index in [9.17, 15) is 0 Å². The molecule has 0 fully saturated rings. The van der Waals surface area contributed by atoms with Gasteiger partial charge in [0.1, 0.15) is 0 Å². The topological polar surface area (TPSA) is 55.6 Å². The fraction of sp³-hybridized carbons (Fsp3) is 0.192. The van der Waals surface area contributed by atoms with Gasteiger partial charge in [0.25, 0.3) is 0 Å². The summed E-state index contributed by atoms with van der Waals surface area (Å²) in [4.78, 5) is 13.7. The molecule has 1 N–H and O–H groups in total. The Bertz CT molecular complexity index is 1420. The van der Waals surface area contributed by atoms with Gasteiger partial charge in [0.2, 0.25) is 0 Å². The number of nitrogens with one attached hydrogen (secondary N) is 1. The Hall–Kier alpha value is -3.73. The van der Waals surface area contributed by atoms with Gasteiger partial charge in [-0.2, -0.15) is 0 Å². The van der Waals surface area contributed by atoms with Crippen molar-refractivity contribution in [2.45, 2.75) is 25.3 Å². The number of hydrogen-bond donors (Lipinski definition) is 1. The van der Waals surface area contributed by atoms with Gasteiger partial charge in [0.15, 0.2) is 0 Å². The summed E-state index contributed by atoms with van der Waals surface area (Å²) in [5.74, 6) is 0. The molecule has 0 spiro atoms. The van der Waals surface area contributed by atoms with Gasteiger partial charge in [0, 0.05) is 54.8 Å².